The second-order valence-electron chi connectivity index (χ2n) is 9.40. The van der Waals surface area contributed by atoms with Crippen LogP contribution in [0, 0.1) is 6.92 Å². The monoisotopic (exact) mass is 438 g/mol. The molecule has 1 aliphatic rings. The second-order valence-corrected chi connectivity index (χ2v) is 9.40. The van der Waals surface area contributed by atoms with Gasteiger partial charge in [0.05, 0.1) is 0 Å². The third-order valence-electron chi connectivity index (χ3n) is 5.37. The van der Waals surface area contributed by atoms with Gasteiger partial charge in [0, 0.05) is 18.5 Å². The maximum atomic E-state index is 13.3. The molecule has 1 atom stereocenters. The number of nitrogens with one attached hydrogen (secondary N) is 1. The number of carbonyl (C=O) groups excluding carboxylic acids is 2. The first-order valence-corrected chi connectivity index (χ1v) is 11.2. The van der Waals surface area contributed by atoms with Gasteiger partial charge in [0.1, 0.15) is 19.3 Å². The highest BCUT2D eigenvalue weighted by atomic mass is 16.6. The average molecular weight is 439 g/mol. The van der Waals surface area contributed by atoms with Crippen molar-refractivity contribution < 1.29 is 19.1 Å². The van der Waals surface area contributed by atoms with Crippen LogP contribution >= 0.6 is 0 Å². The molecule has 0 aromatic heterocycles. The van der Waals surface area contributed by atoms with Crippen molar-refractivity contribution in [2.45, 2.75) is 65.6 Å². The van der Waals surface area contributed by atoms with E-state index in [1.807, 2.05) is 70.2 Å². The van der Waals surface area contributed by atoms with Gasteiger partial charge in [0.15, 0.2) is 11.5 Å². The van der Waals surface area contributed by atoms with Crippen molar-refractivity contribution in [2.75, 3.05) is 13.2 Å². The summed E-state index contributed by atoms with van der Waals surface area (Å²) in [6.07, 6.45) is 0.867. The van der Waals surface area contributed by atoms with Crippen LogP contribution in [0.3, 0.4) is 0 Å². The lowest BCUT2D eigenvalue weighted by atomic mass is 10.1. The first-order valence-electron chi connectivity index (χ1n) is 11.2. The molecule has 0 aliphatic carbocycles. The van der Waals surface area contributed by atoms with Crippen LogP contribution in [-0.4, -0.2) is 41.5 Å². The van der Waals surface area contributed by atoms with E-state index in [9.17, 15) is 9.59 Å². The molecule has 0 saturated heterocycles. The Morgan fingerprint density at radius 3 is 2.28 bits per heavy atom. The van der Waals surface area contributed by atoms with Gasteiger partial charge in [-0.05, 0) is 64.3 Å². The van der Waals surface area contributed by atoms with Crippen molar-refractivity contribution in [2.24, 2.45) is 0 Å². The summed E-state index contributed by atoms with van der Waals surface area (Å²) in [5.74, 6) is 1.24. The topological polar surface area (TPSA) is 67.9 Å². The summed E-state index contributed by atoms with van der Waals surface area (Å²) in [5.41, 5.74) is 2.79. The lowest BCUT2D eigenvalue weighted by molar-refractivity contribution is -0.141. The predicted octanol–water partition coefficient (Wildman–Crippen LogP) is 4.03. The Morgan fingerprint density at radius 2 is 1.62 bits per heavy atom. The van der Waals surface area contributed by atoms with E-state index in [2.05, 4.69) is 5.32 Å². The number of ether oxygens (including phenoxy) is 2. The van der Waals surface area contributed by atoms with Gasteiger partial charge in [-0.3, -0.25) is 9.59 Å². The molecule has 32 heavy (non-hydrogen) atoms. The summed E-state index contributed by atoms with van der Waals surface area (Å²) in [5, 5.41) is 2.99. The Bertz CT molecular complexity index is 947. The van der Waals surface area contributed by atoms with Crippen LogP contribution < -0.4 is 14.8 Å². The summed E-state index contributed by atoms with van der Waals surface area (Å²) in [6, 6.07) is 13.2. The summed E-state index contributed by atoms with van der Waals surface area (Å²) in [7, 11) is 0. The number of hydrogen-bond donors (Lipinski definition) is 1. The van der Waals surface area contributed by atoms with Crippen LogP contribution in [0.4, 0.5) is 0 Å². The zero-order valence-electron chi connectivity index (χ0n) is 19.7. The van der Waals surface area contributed by atoms with Crippen molar-refractivity contribution in [3.8, 4) is 11.5 Å². The van der Waals surface area contributed by atoms with Crippen LogP contribution in [0.25, 0.3) is 0 Å². The summed E-state index contributed by atoms with van der Waals surface area (Å²) >= 11 is 0. The molecule has 2 aromatic rings. The van der Waals surface area contributed by atoms with Gasteiger partial charge >= 0.3 is 0 Å². The molecule has 172 valence electrons. The van der Waals surface area contributed by atoms with E-state index in [0.29, 0.717) is 32.6 Å². The number of carbonyl (C=O) groups is 2. The first-order chi connectivity index (χ1) is 15.1. The van der Waals surface area contributed by atoms with Gasteiger partial charge in [-0.25, -0.2) is 0 Å². The molecule has 0 fully saturated rings. The minimum absolute atomic E-state index is 0.0583. The van der Waals surface area contributed by atoms with Gasteiger partial charge < -0.3 is 19.7 Å². The van der Waals surface area contributed by atoms with Crippen LogP contribution in [0.1, 0.15) is 50.8 Å². The van der Waals surface area contributed by atoms with E-state index in [1.54, 1.807) is 11.8 Å². The third kappa shape index (κ3) is 6.49. The molecule has 0 bridgehead atoms. The van der Waals surface area contributed by atoms with Gasteiger partial charge in [0.2, 0.25) is 11.8 Å². The number of benzene rings is 2. The minimum Gasteiger partial charge on any atom is -0.486 e. The van der Waals surface area contributed by atoms with Crippen LogP contribution in [0.2, 0.25) is 0 Å². The van der Waals surface area contributed by atoms with E-state index in [4.69, 9.17) is 9.47 Å². The molecular weight excluding hydrogens is 404 g/mol. The highest BCUT2D eigenvalue weighted by molar-refractivity contribution is 5.87. The summed E-state index contributed by atoms with van der Waals surface area (Å²) in [6.45, 7) is 11.1. The molecule has 2 amide bonds. The maximum absolute atomic E-state index is 13.3. The number of hydrogen-bond acceptors (Lipinski definition) is 4. The van der Waals surface area contributed by atoms with E-state index >= 15 is 0 Å². The Labute approximate surface area is 190 Å². The summed E-state index contributed by atoms with van der Waals surface area (Å²) < 4.78 is 11.2. The van der Waals surface area contributed by atoms with Crippen molar-refractivity contribution in [1.29, 1.82) is 0 Å². The number of aryl methyl sites for hydroxylation is 2. The molecule has 6 nitrogen and oxygen atoms in total. The third-order valence-corrected chi connectivity index (χ3v) is 5.37. The van der Waals surface area contributed by atoms with Crippen molar-refractivity contribution >= 4 is 11.8 Å². The predicted molar refractivity (Wildman–Crippen MR) is 125 cm³/mol. The minimum atomic E-state index is -0.580. The second kappa shape index (κ2) is 10.1. The fourth-order valence-corrected chi connectivity index (χ4v) is 3.59. The molecule has 3 rings (SSSR count). The molecule has 2 aromatic carbocycles. The quantitative estimate of drug-likeness (QED) is 0.709. The normalized spacial score (nSPS) is 13.9. The molecule has 1 heterocycles. The van der Waals surface area contributed by atoms with Crippen LogP contribution in [-0.2, 0) is 22.6 Å². The number of amides is 2. The fourth-order valence-electron chi connectivity index (χ4n) is 3.59. The lowest BCUT2D eigenvalue weighted by Crippen LogP contribution is -2.52. The fraction of sp³-hybridized carbons (Fsp3) is 0.462. The van der Waals surface area contributed by atoms with E-state index in [0.717, 1.165) is 28.2 Å². The Hall–Kier alpha value is -3.02. The molecule has 0 unspecified atom stereocenters. The smallest absolute Gasteiger partial charge is 0.242 e. The molecule has 1 aliphatic heterocycles. The van der Waals surface area contributed by atoms with Crippen molar-refractivity contribution in [3.63, 3.8) is 0 Å². The largest absolute Gasteiger partial charge is 0.486 e. The van der Waals surface area contributed by atoms with Gasteiger partial charge in [0.25, 0.3) is 0 Å². The molecule has 0 spiro atoms. The van der Waals surface area contributed by atoms with Crippen LogP contribution in [0.5, 0.6) is 11.5 Å². The Morgan fingerprint density at radius 1 is 1.00 bits per heavy atom. The molecule has 0 radical (unpaired) electrons. The highest BCUT2D eigenvalue weighted by Crippen LogP contribution is 2.31. The molecular formula is C26H34N2O4. The van der Waals surface area contributed by atoms with Crippen molar-refractivity contribution in [1.82, 2.24) is 10.2 Å². The van der Waals surface area contributed by atoms with Gasteiger partial charge in [-0.15, -0.1) is 0 Å². The van der Waals surface area contributed by atoms with Crippen molar-refractivity contribution in [3.05, 3.63) is 59.2 Å². The van der Waals surface area contributed by atoms with E-state index in [1.165, 1.54) is 0 Å². The summed E-state index contributed by atoms with van der Waals surface area (Å²) in [4.78, 5) is 27.8. The van der Waals surface area contributed by atoms with Crippen LogP contribution in [0.15, 0.2) is 42.5 Å². The standard InChI is InChI=1S/C26H34N2O4/c1-18-6-8-21(9-7-18)17-28(19(2)25(30)27-26(3,4)5)24(29)13-11-20-10-12-22-23(16-20)32-15-14-31-22/h6-10,12,16,19H,11,13-15,17H2,1-5H3,(H,27,30)/t19-/m0/s1. The molecule has 0 saturated carbocycles. The lowest BCUT2D eigenvalue weighted by Gasteiger charge is -2.31. The maximum Gasteiger partial charge on any atom is 0.242 e. The van der Waals surface area contributed by atoms with Gasteiger partial charge in [-0.2, -0.15) is 0 Å². The zero-order chi connectivity index (χ0) is 23.3. The average Bonchev–Trinajstić information content (AvgIpc) is 2.75. The Balaban J connectivity index is 1.73. The molecule has 6 heteroatoms. The highest BCUT2D eigenvalue weighted by Gasteiger charge is 2.28. The number of nitrogens with zero attached hydrogens (tertiary/aromatic N) is 1. The SMILES string of the molecule is Cc1ccc(CN(C(=O)CCc2ccc3c(c2)OCCO3)[C@@H](C)C(=O)NC(C)(C)C)cc1. The zero-order valence-corrected chi connectivity index (χ0v) is 19.7. The van der Waals surface area contributed by atoms with E-state index < -0.39 is 6.04 Å². The Kier molecular flexibility index (Phi) is 7.44. The molecule has 1 N–H and O–H groups in total. The van der Waals surface area contributed by atoms with E-state index in [-0.39, 0.29) is 17.4 Å². The number of fused-ring (bicyclic) bond motifs is 1. The number of rotatable bonds is 7. The first kappa shape index (κ1) is 23.6. The van der Waals surface area contributed by atoms with Gasteiger partial charge in [-0.1, -0.05) is 35.9 Å².